The first-order chi connectivity index (χ1) is 15.3. The summed E-state index contributed by atoms with van der Waals surface area (Å²) >= 11 is 6.72. The van der Waals surface area contributed by atoms with Crippen molar-refractivity contribution < 1.29 is 4.79 Å². The molecule has 0 aliphatic heterocycles. The number of aromatic amines is 1. The maximum atomic E-state index is 12.7. The van der Waals surface area contributed by atoms with E-state index >= 15 is 0 Å². The minimum absolute atomic E-state index is 0.168. The van der Waals surface area contributed by atoms with Gasteiger partial charge in [0.15, 0.2) is 9.93 Å². The summed E-state index contributed by atoms with van der Waals surface area (Å²) in [6, 6.07) is 14.3. The van der Waals surface area contributed by atoms with E-state index in [-0.39, 0.29) is 11.5 Å². The van der Waals surface area contributed by atoms with Gasteiger partial charge < -0.3 is 10.3 Å². The van der Waals surface area contributed by atoms with E-state index in [2.05, 4.69) is 20.3 Å². The number of H-pyrrole nitrogens is 1. The molecule has 2 heterocycles. The van der Waals surface area contributed by atoms with E-state index in [0.717, 1.165) is 16.3 Å². The largest absolute Gasteiger partial charge is 0.332 e. The van der Waals surface area contributed by atoms with Crippen LogP contribution in [0.3, 0.4) is 0 Å². The molecule has 7 nitrogen and oxygen atoms in total. The Morgan fingerprint density at radius 1 is 1.09 bits per heavy atom. The topological polar surface area (TPSA) is 92.7 Å². The van der Waals surface area contributed by atoms with Gasteiger partial charge in [0.05, 0.1) is 10.9 Å². The van der Waals surface area contributed by atoms with Crippen LogP contribution in [0.25, 0.3) is 10.9 Å². The number of aromatic nitrogens is 4. The molecule has 162 valence electrons. The summed E-state index contributed by atoms with van der Waals surface area (Å²) in [5.74, 6) is -0.274. The molecule has 4 rings (SSSR count). The molecule has 0 bridgehead atoms. The maximum Gasteiger partial charge on any atom is 0.262 e. The Labute approximate surface area is 193 Å². The maximum absolute atomic E-state index is 12.7. The van der Waals surface area contributed by atoms with Crippen molar-refractivity contribution in [3.05, 3.63) is 80.6 Å². The number of rotatable bonds is 5. The zero-order chi connectivity index (χ0) is 22.8. The third-order valence-electron chi connectivity index (χ3n) is 4.84. The SMILES string of the molecule is CCn1c(=S)[nH]c2cc(C(=O)Nc3ccc(Sc4nc(C)cc(C)n4)cc3)ccc2c1=O. The van der Waals surface area contributed by atoms with Gasteiger partial charge in [0, 0.05) is 34.1 Å². The van der Waals surface area contributed by atoms with Crippen molar-refractivity contribution in [2.24, 2.45) is 0 Å². The fourth-order valence-corrected chi connectivity index (χ4v) is 4.52. The van der Waals surface area contributed by atoms with Gasteiger partial charge >= 0.3 is 0 Å². The molecule has 2 aromatic carbocycles. The van der Waals surface area contributed by atoms with Crippen LogP contribution >= 0.6 is 24.0 Å². The molecule has 0 spiro atoms. The van der Waals surface area contributed by atoms with Crippen molar-refractivity contribution in [1.82, 2.24) is 19.5 Å². The zero-order valence-corrected chi connectivity index (χ0v) is 19.4. The van der Waals surface area contributed by atoms with E-state index in [0.29, 0.717) is 38.6 Å². The number of carbonyl (C=O) groups is 1. The summed E-state index contributed by atoms with van der Waals surface area (Å²) in [6.45, 7) is 6.22. The average molecular weight is 464 g/mol. The number of aryl methyl sites for hydroxylation is 2. The van der Waals surface area contributed by atoms with Gasteiger partial charge in [-0.15, -0.1) is 0 Å². The molecule has 0 radical (unpaired) electrons. The Hall–Kier alpha value is -3.30. The van der Waals surface area contributed by atoms with Crippen LogP contribution in [0, 0.1) is 18.6 Å². The molecular formula is C23H21N5O2S2. The zero-order valence-electron chi connectivity index (χ0n) is 17.8. The Morgan fingerprint density at radius 2 is 1.78 bits per heavy atom. The number of nitrogens with zero attached hydrogens (tertiary/aromatic N) is 3. The molecule has 2 N–H and O–H groups in total. The third-order valence-corrected chi connectivity index (χ3v) is 6.04. The summed E-state index contributed by atoms with van der Waals surface area (Å²) in [5.41, 5.74) is 3.31. The van der Waals surface area contributed by atoms with Crippen LogP contribution in [0.1, 0.15) is 28.7 Å². The Balaban J connectivity index is 1.51. The lowest BCUT2D eigenvalue weighted by Gasteiger charge is -2.09. The molecular weight excluding hydrogens is 442 g/mol. The van der Waals surface area contributed by atoms with Gasteiger partial charge in [-0.1, -0.05) is 0 Å². The quantitative estimate of drug-likeness (QED) is 0.323. The van der Waals surface area contributed by atoms with E-state index in [1.54, 1.807) is 18.2 Å². The van der Waals surface area contributed by atoms with Gasteiger partial charge in [-0.2, -0.15) is 0 Å². The van der Waals surface area contributed by atoms with Gasteiger partial charge in [0.1, 0.15) is 0 Å². The highest BCUT2D eigenvalue weighted by Crippen LogP contribution is 2.26. The Bertz CT molecular complexity index is 1420. The monoisotopic (exact) mass is 463 g/mol. The first-order valence-electron chi connectivity index (χ1n) is 10.0. The number of carbonyl (C=O) groups excluding carboxylic acids is 1. The molecule has 0 fully saturated rings. The van der Waals surface area contributed by atoms with Gasteiger partial charge in [-0.3, -0.25) is 14.2 Å². The van der Waals surface area contributed by atoms with Crippen LogP contribution in [0.2, 0.25) is 0 Å². The number of hydrogen-bond acceptors (Lipinski definition) is 6. The van der Waals surface area contributed by atoms with Crippen molar-refractivity contribution >= 4 is 46.5 Å². The molecule has 0 aliphatic carbocycles. The van der Waals surface area contributed by atoms with Crippen molar-refractivity contribution in [1.29, 1.82) is 0 Å². The second kappa shape index (κ2) is 9.05. The first kappa shape index (κ1) is 21.9. The minimum Gasteiger partial charge on any atom is -0.332 e. The van der Waals surface area contributed by atoms with E-state index in [9.17, 15) is 9.59 Å². The van der Waals surface area contributed by atoms with Gasteiger partial charge in [-0.25, -0.2) is 9.97 Å². The molecule has 9 heteroatoms. The van der Waals surface area contributed by atoms with Crippen molar-refractivity contribution in [2.75, 3.05) is 5.32 Å². The summed E-state index contributed by atoms with van der Waals surface area (Å²) in [6.07, 6.45) is 0. The van der Waals surface area contributed by atoms with Crippen LogP contribution in [0.4, 0.5) is 5.69 Å². The lowest BCUT2D eigenvalue weighted by Crippen LogP contribution is -2.21. The fourth-order valence-electron chi connectivity index (χ4n) is 3.34. The third kappa shape index (κ3) is 4.63. The average Bonchev–Trinajstić information content (AvgIpc) is 2.74. The second-order valence-corrected chi connectivity index (χ2v) is 8.68. The molecule has 0 saturated carbocycles. The molecule has 1 amide bonds. The van der Waals surface area contributed by atoms with Gasteiger partial charge in [0.2, 0.25) is 0 Å². The number of hydrogen-bond donors (Lipinski definition) is 2. The van der Waals surface area contributed by atoms with E-state index < -0.39 is 0 Å². The molecule has 0 aliphatic rings. The highest BCUT2D eigenvalue weighted by atomic mass is 32.2. The Morgan fingerprint density at radius 3 is 2.44 bits per heavy atom. The van der Waals surface area contributed by atoms with Crippen LogP contribution in [-0.4, -0.2) is 25.4 Å². The lowest BCUT2D eigenvalue weighted by molar-refractivity contribution is 0.102. The molecule has 4 aromatic rings. The normalized spacial score (nSPS) is 11.0. The summed E-state index contributed by atoms with van der Waals surface area (Å²) in [5, 5.41) is 4.06. The molecule has 0 unspecified atom stereocenters. The van der Waals surface area contributed by atoms with Gasteiger partial charge in [-0.05, 0) is 93.3 Å². The standard InChI is InChI=1S/C23H21N5O2S2/c1-4-28-21(30)18-10-5-15(12-19(18)27-23(28)31)20(29)26-16-6-8-17(9-7-16)32-22-24-13(2)11-14(3)25-22/h5-12H,4H2,1-3H3,(H,26,29)(H,27,31). The van der Waals surface area contributed by atoms with E-state index in [4.69, 9.17) is 12.2 Å². The molecule has 0 atom stereocenters. The second-order valence-electron chi connectivity index (χ2n) is 7.25. The van der Waals surface area contributed by atoms with Crippen molar-refractivity contribution in [3.63, 3.8) is 0 Å². The molecule has 32 heavy (non-hydrogen) atoms. The van der Waals surface area contributed by atoms with Crippen molar-refractivity contribution in [3.8, 4) is 0 Å². The number of anilines is 1. The smallest absolute Gasteiger partial charge is 0.262 e. The molecule has 2 aromatic heterocycles. The van der Waals surface area contributed by atoms with Crippen LogP contribution in [0.5, 0.6) is 0 Å². The lowest BCUT2D eigenvalue weighted by atomic mass is 10.1. The predicted octanol–water partition coefficient (Wildman–Crippen LogP) is 4.89. The Kier molecular flexibility index (Phi) is 6.20. The van der Waals surface area contributed by atoms with Crippen molar-refractivity contribution in [2.45, 2.75) is 37.4 Å². The van der Waals surface area contributed by atoms with Crippen LogP contribution in [0.15, 0.2) is 63.4 Å². The summed E-state index contributed by atoms with van der Waals surface area (Å²) < 4.78 is 1.82. The number of amides is 1. The number of nitrogens with one attached hydrogen (secondary N) is 2. The van der Waals surface area contributed by atoms with Gasteiger partial charge in [0.25, 0.3) is 11.5 Å². The highest BCUT2D eigenvalue weighted by Gasteiger charge is 2.11. The molecule has 0 saturated heterocycles. The van der Waals surface area contributed by atoms with Crippen LogP contribution in [-0.2, 0) is 6.54 Å². The first-order valence-corrected chi connectivity index (χ1v) is 11.2. The summed E-state index contributed by atoms with van der Waals surface area (Å²) in [7, 11) is 0. The summed E-state index contributed by atoms with van der Waals surface area (Å²) in [4.78, 5) is 38.1. The number of fused-ring (bicyclic) bond motifs is 1. The van der Waals surface area contributed by atoms with E-state index in [1.807, 2.05) is 51.1 Å². The fraction of sp³-hybridized carbons (Fsp3) is 0.174. The van der Waals surface area contributed by atoms with Crippen LogP contribution < -0.4 is 10.9 Å². The number of benzene rings is 2. The highest BCUT2D eigenvalue weighted by molar-refractivity contribution is 7.99. The minimum atomic E-state index is -0.274. The van der Waals surface area contributed by atoms with E-state index in [1.165, 1.54) is 16.3 Å². The predicted molar refractivity (Wildman–Crippen MR) is 129 cm³/mol.